The number of phosphoric acid groups is 1. The van der Waals surface area contributed by atoms with Crippen LogP contribution in [0, 0.1) is 22.7 Å². The molecule has 0 bridgehead atoms. The molecule has 4 aromatic rings. The fraction of sp³-hybridized carbons (Fsp3) is 0.345. The van der Waals surface area contributed by atoms with E-state index in [-0.39, 0.29) is 29.3 Å². The summed E-state index contributed by atoms with van der Waals surface area (Å²) in [6, 6.07) is 15.5. The Morgan fingerprint density at radius 2 is 1.96 bits per heavy atom. The Morgan fingerprint density at radius 1 is 1.18 bits per heavy atom. The third-order valence-electron chi connectivity index (χ3n) is 7.66. The van der Waals surface area contributed by atoms with Crippen LogP contribution < -0.4 is 19.9 Å². The number of nitrogens with one attached hydrogen (secondary N) is 1. The number of hydrogen-bond acceptors (Lipinski definition) is 11. The molecule has 0 amide bonds. The van der Waals surface area contributed by atoms with Gasteiger partial charge in [-0.05, 0) is 55.5 Å². The molecule has 232 valence electrons. The molecular weight excluding hydrogens is 621 g/mol. The van der Waals surface area contributed by atoms with Crippen molar-refractivity contribution in [2.24, 2.45) is 0 Å². The van der Waals surface area contributed by atoms with Crippen LogP contribution in [-0.4, -0.2) is 61.7 Å². The highest BCUT2D eigenvalue weighted by Crippen LogP contribution is 2.42. The van der Waals surface area contributed by atoms with Crippen LogP contribution in [0.4, 0.5) is 23.1 Å². The van der Waals surface area contributed by atoms with Gasteiger partial charge in [-0.2, -0.15) is 20.0 Å². The zero-order chi connectivity index (χ0) is 31.7. The number of fused-ring (bicyclic) bond motifs is 1. The number of benzene rings is 2. The molecule has 3 N–H and O–H groups in total. The highest BCUT2D eigenvalue weighted by Gasteiger charge is 2.33. The highest BCUT2D eigenvalue weighted by atomic mass is 35.5. The van der Waals surface area contributed by atoms with E-state index >= 15 is 0 Å². The second-order valence-electron chi connectivity index (χ2n) is 10.9. The van der Waals surface area contributed by atoms with Crippen LogP contribution in [0.5, 0.6) is 5.75 Å². The van der Waals surface area contributed by atoms with E-state index in [1.807, 2.05) is 29.2 Å². The van der Waals surface area contributed by atoms with E-state index in [0.29, 0.717) is 54.3 Å². The summed E-state index contributed by atoms with van der Waals surface area (Å²) >= 11 is 6.90. The summed E-state index contributed by atoms with van der Waals surface area (Å²) in [5.74, 6) is 1.43. The standard InChI is InChI=1S/C29H29ClN9O5P/c1-43-22-8-4-18(5-9-22)16-38(20-6-7-20)28-27-33-15-21(14-32)39(27)36-29(35-28)34-24-11-19(13-31)12-25(26(24)30)37-10-2-3-23(17-37)44-45(40,41)42/h4-5,8-9,11-12,15,20,23H,2-3,6-7,10,16-17H2,1H3,(H,34,36)(H2,40,41,42). The van der Waals surface area contributed by atoms with Crippen molar-refractivity contribution in [2.75, 3.05) is 35.3 Å². The number of nitriles is 2. The zero-order valence-corrected chi connectivity index (χ0v) is 25.8. The second-order valence-corrected chi connectivity index (χ2v) is 12.4. The second kappa shape index (κ2) is 12.5. The molecule has 1 unspecified atom stereocenters. The lowest BCUT2D eigenvalue weighted by molar-refractivity contribution is 0.120. The highest BCUT2D eigenvalue weighted by molar-refractivity contribution is 7.46. The van der Waals surface area contributed by atoms with E-state index in [1.165, 1.54) is 10.7 Å². The van der Waals surface area contributed by atoms with Gasteiger partial charge in [0.25, 0.3) is 0 Å². The zero-order valence-electron chi connectivity index (χ0n) is 24.2. The molecule has 45 heavy (non-hydrogen) atoms. The number of piperidine rings is 1. The van der Waals surface area contributed by atoms with E-state index < -0.39 is 13.9 Å². The number of phosphoric ester groups is 1. The van der Waals surface area contributed by atoms with Gasteiger partial charge in [0.2, 0.25) is 5.95 Å². The summed E-state index contributed by atoms with van der Waals surface area (Å²) in [5.41, 5.74) is 2.84. The molecule has 14 nitrogen and oxygen atoms in total. The quantitative estimate of drug-likeness (QED) is 0.204. The van der Waals surface area contributed by atoms with Crippen molar-refractivity contribution < 1.29 is 23.6 Å². The van der Waals surface area contributed by atoms with Gasteiger partial charge in [-0.1, -0.05) is 23.7 Å². The van der Waals surface area contributed by atoms with Crippen molar-refractivity contribution in [3.05, 3.63) is 64.4 Å². The molecule has 6 rings (SSSR count). The van der Waals surface area contributed by atoms with E-state index in [2.05, 4.69) is 32.4 Å². The van der Waals surface area contributed by atoms with E-state index in [4.69, 9.17) is 25.8 Å². The minimum absolute atomic E-state index is 0.136. The van der Waals surface area contributed by atoms with Crippen LogP contribution in [0.25, 0.3) is 5.65 Å². The van der Waals surface area contributed by atoms with Gasteiger partial charge in [0.15, 0.2) is 17.2 Å². The van der Waals surface area contributed by atoms with Gasteiger partial charge in [0.05, 0.1) is 47.4 Å². The van der Waals surface area contributed by atoms with Crippen molar-refractivity contribution in [1.82, 2.24) is 19.6 Å². The molecule has 16 heteroatoms. The first-order valence-corrected chi connectivity index (χ1v) is 16.1. The number of anilines is 4. The molecule has 0 radical (unpaired) electrons. The Kier molecular flexibility index (Phi) is 8.51. The summed E-state index contributed by atoms with van der Waals surface area (Å²) in [5, 5.41) is 27.6. The molecule has 2 aromatic carbocycles. The maximum absolute atomic E-state index is 11.5. The number of rotatable bonds is 10. The normalized spacial score (nSPS) is 16.7. The first kappa shape index (κ1) is 30.6. The van der Waals surface area contributed by atoms with E-state index in [0.717, 1.165) is 24.2 Å². The fourth-order valence-corrected chi connectivity index (χ4v) is 6.27. The monoisotopic (exact) mass is 649 g/mol. The van der Waals surface area contributed by atoms with Crippen molar-refractivity contribution in [3.8, 4) is 17.9 Å². The third-order valence-corrected chi connectivity index (χ3v) is 8.63. The number of imidazole rings is 1. The lowest BCUT2D eigenvalue weighted by Gasteiger charge is -2.35. The summed E-state index contributed by atoms with van der Waals surface area (Å²) in [4.78, 5) is 31.9. The van der Waals surface area contributed by atoms with Gasteiger partial charge in [-0.25, -0.2) is 9.55 Å². The maximum atomic E-state index is 11.5. The van der Waals surface area contributed by atoms with Gasteiger partial charge in [-0.15, -0.1) is 5.10 Å². The summed E-state index contributed by atoms with van der Waals surface area (Å²) in [6.45, 7) is 1.26. The van der Waals surface area contributed by atoms with Crippen molar-refractivity contribution >= 4 is 48.2 Å². The third kappa shape index (κ3) is 6.81. The van der Waals surface area contributed by atoms with Crippen molar-refractivity contribution in [2.45, 2.75) is 44.4 Å². The van der Waals surface area contributed by atoms with Crippen LogP contribution in [0.1, 0.15) is 42.5 Å². The summed E-state index contributed by atoms with van der Waals surface area (Å²) in [6.07, 6.45) is 3.76. The molecule has 3 heterocycles. The number of methoxy groups -OCH3 is 1. The smallest absolute Gasteiger partial charge is 0.469 e. The SMILES string of the molecule is COc1ccc(CN(c2nc(Nc3cc(C#N)cc(N4CCCC(OP(=O)(O)O)C4)c3Cl)nn3c(C#N)cnc23)C2CC2)cc1. The average molecular weight is 650 g/mol. The molecule has 1 aliphatic carbocycles. The molecule has 0 spiro atoms. The maximum Gasteiger partial charge on any atom is 0.469 e. The number of ether oxygens (including phenoxy) is 1. The lowest BCUT2D eigenvalue weighted by Crippen LogP contribution is -2.39. The summed E-state index contributed by atoms with van der Waals surface area (Å²) < 4.78 is 23.2. The van der Waals surface area contributed by atoms with Gasteiger partial charge in [0, 0.05) is 25.7 Å². The van der Waals surface area contributed by atoms with Crippen LogP contribution in [0.3, 0.4) is 0 Å². The predicted octanol–water partition coefficient (Wildman–Crippen LogP) is 4.52. The minimum atomic E-state index is -4.68. The molecular formula is C29H29ClN9O5P. The fourth-order valence-electron chi connectivity index (χ4n) is 5.43. The molecule has 2 aromatic heterocycles. The lowest BCUT2D eigenvalue weighted by atomic mass is 10.1. The molecule has 1 aliphatic heterocycles. The van der Waals surface area contributed by atoms with Gasteiger partial charge < -0.3 is 29.6 Å². The number of halogens is 1. The van der Waals surface area contributed by atoms with Gasteiger partial charge in [-0.3, -0.25) is 4.52 Å². The largest absolute Gasteiger partial charge is 0.497 e. The first-order valence-electron chi connectivity index (χ1n) is 14.2. The molecule has 1 atom stereocenters. The molecule has 1 saturated carbocycles. The van der Waals surface area contributed by atoms with Crippen molar-refractivity contribution in [3.63, 3.8) is 0 Å². The van der Waals surface area contributed by atoms with Crippen LogP contribution in [0.15, 0.2) is 42.6 Å². The predicted molar refractivity (Wildman–Crippen MR) is 166 cm³/mol. The molecule has 1 saturated heterocycles. The number of hydrogen-bond donors (Lipinski definition) is 3. The van der Waals surface area contributed by atoms with Crippen LogP contribution in [0.2, 0.25) is 5.02 Å². The molecule has 2 fully saturated rings. The Balaban J connectivity index is 1.37. The topological polar surface area (TPSA) is 185 Å². The van der Waals surface area contributed by atoms with Crippen LogP contribution in [-0.2, 0) is 15.6 Å². The van der Waals surface area contributed by atoms with Crippen molar-refractivity contribution in [1.29, 1.82) is 10.5 Å². The Hall–Kier alpha value is -4.43. The Labute approximate surface area is 263 Å². The summed E-state index contributed by atoms with van der Waals surface area (Å²) in [7, 11) is -3.06. The average Bonchev–Trinajstić information content (AvgIpc) is 3.78. The van der Waals surface area contributed by atoms with E-state index in [9.17, 15) is 24.9 Å². The Bertz CT molecular complexity index is 1860. The van der Waals surface area contributed by atoms with Gasteiger partial charge >= 0.3 is 7.82 Å². The van der Waals surface area contributed by atoms with Crippen LogP contribution >= 0.6 is 19.4 Å². The number of nitrogens with zero attached hydrogens (tertiary/aromatic N) is 8. The van der Waals surface area contributed by atoms with Gasteiger partial charge in [0.1, 0.15) is 11.8 Å². The Morgan fingerprint density at radius 3 is 2.62 bits per heavy atom. The number of aromatic nitrogens is 4. The van der Waals surface area contributed by atoms with E-state index in [1.54, 1.807) is 19.2 Å². The first-order chi connectivity index (χ1) is 21.6. The minimum Gasteiger partial charge on any atom is -0.497 e. The molecule has 2 aliphatic rings.